The van der Waals surface area contributed by atoms with Crippen LogP contribution in [0.25, 0.3) is 5.76 Å². The zero-order valence-corrected chi connectivity index (χ0v) is 19.0. The van der Waals surface area contributed by atoms with Crippen LogP contribution in [0, 0.1) is 0 Å². The van der Waals surface area contributed by atoms with Crippen molar-refractivity contribution in [1.29, 1.82) is 0 Å². The number of carbonyl (C=O) groups excluding carboxylic acids is 2. The predicted molar refractivity (Wildman–Crippen MR) is 125 cm³/mol. The van der Waals surface area contributed by atoms with Gasteiger partial charge >= 0.3 is 0 Å². The van der Waals surface area contributed by atoms with E-state index in [1.165, 1.54) is 26.2 Å². The number of benzene rings is 2. The number of aliphatic hydroxyl groups excluding tert-OH is 1. The fourth-order valence-electron chi connectivity index (χ4n) is 4.03. The van der Waals surface area contributed by atoms with Crippen LogP contribution >= 0.6 is 0 Å². The molecule has 4 rings (SSSR count). The Morgan fingerprint density at radius 1 is 0.971 bits per heavy atom. The third-order valence-electron chi connectivity index (χ3n) is 5.68. The Balaban J connectivity index is 1.90. The molecule has 2 heterocycles. The van der Waals surface area contributed by atoms with Crippen molar-refractivity contribution in [3.05, 3.63) is 89.3 Å². The van der Waals surface area contributed by atoms with Crippen molar-refractivity contribution < 1.29 is 28.9 Å². The third kappa shape index (κ3) is 4.17. The molecule has 0 radical (unpaired) electrons. The molecule has 8 nitrogen and oxygen atoms in total. The zero-order valence-electron chi connectivity index (χ0n) is 19.0. The molecule has 34 heavy (non-hydrogen) atoms. The number of hydrogen-bond acceptors (Lipinski definition) is 7. The van der Waals surface area contributed by atoms with E-state index in [-0.39, 0.29) is 17.9 Å². The lowest BCUT2D eigenvalue weighted by atomic mass is 9.94. The van der Waals surface area contributed by atoms with Crippen LogP contribution in [0.3, 0.4) is 0 Å². The highest BCUT2D eigenvalue weighted by atomic mass is 16.5. The van der Waals surface area contributed by atoms with Gasteiger partial charge in [-0.05, 0) is 41.5 Å². The van der Waals surface area contributed by atoms with Crippen molar-refractivity contribution >= 4 is 17.4 Å². The van der Waals surface area contributed by atoms with Gasteiger partial charge < -0.3 is 24.2 Å². The number of carbonyl (C=O) groups is 2. The molecule has 1 atom stereocenters. The first-order valence-electron chi connectivity index (χ1n) is 10.5. The summed E-state index contributed by atoms with van der Waals surface area (Å²) in [6.07, 6.45) is 3.26. The Labute approximate surface area is 197 Å². The number of nitrogens with zero attached hydrogens (tertiary/aromatic N) is 2. The second-order valence-electron chi connectivity index (χ2n) is 7.63. The molecule has 8 heteroatoms. The summed E-state index contributed by atoms with van der Waals surface area (Å²) >= 11 is 0. The monoisotopic (exact) mass is 460 g/mol. The fraction of sp³-hybridized carbons (Fsp3) is 0.192. The molecule has 1 aliphatic rings. The molecule has 1 fully saturated rings. The molecule has 0 unspecified atom stereocenters. The molecule has 1 N–H and O–H groups in total. The van der Waals surface area contributed by atoms with E-state index >= 15 is 0 Å². The van der Waals surface area contributed by atoms with Gasteiger partial charge in [-0.15, -0.1) is 0 Å². The van der Waals surface area contributed by atoms with E-state index in [4.69, 9.17) is 14.2 Å². The standard InChI is InChI=1S/C26H24N2O6/c1-32-19-8-4-7-18(12-19)24(29)22-23(17-9-10-20(33-2)21(13-17)34-3)28(26(31)25(22)30)15-16-6-5-11-27-14-16/h4-14,23,29H,15H2,1-3H3/b24-22+/t23-/m1/s1. The molecular formula is C26H24N2O6. The maximum atomic E-state index is 13.2. The summed E-state index contributed by atoms with van der Waals surface area (Å²) < 4.78 is 16.0. The van der Waals surface area contributed by atoms with Crippen LogP contribution in [0.15, 0.2) is 72.6 Å². The summed E-state index contributed by atoms with van der Waals surface area (Å²) in [4.78, 5) is 31.9. The number of ether oxygens (including phenoxy) is 3. The Hall–Kier alpha value is -4.33. The largest absolute Gasteiger partial charge is 0.507 e. The molecular weight excluding hydrogens is 436 g/mol. The van der Waals surface area contributed by atoms with Crippen LogP contribution in [-0.4, -0.2) is 48.0 Å². The predicted octanol–water partition coefficient (Wildman–Crippen LogP) is 3.73. The first-order valence-corrected chi connectivity index (χ1v) is 10.5. The quantitative estimate of drug-likeness (QED) is 0.326. The van der Waals surface area contributed by atoms with Crippen LogP contribution in [0.1, 0.15) is 22.7 Å². The minimum Gasteiger partial charge on any atom is -0.507 e. The highest BCUT2D eigenvalue weighted by Crippen LogP contribution is 2.42. The average molecular weight is 460 g/mol. The highest BCUT2D eigenvalue weighted by Gasteiger charge is 2.46. The van der Waals surface area contributed by atoms with Gasteiger partial charge in [0.25, 0.3) is 11.7 Å². The minimum absolute atomic E-state index is 0.0191. The summed E-state index contributed by atoms with van der Waals surface area (Å²) in [5.41, 5.74) is 1.68. The zero-order chi connectivity index (χ0) is 24.2. The Bertz CT molecular complexity index is 1260. The summed E-state index contributed by atoms with van der Waals surface area (Å²) in [6, 6.07) is 14.5. The molecule has 2 aromatic carbocycles. The van der Waals surface area contributed by atoms with E-state index in [1.54, 1.807) is 60.9 Å². The van der Waals surface area contributed by atoms with Gasteiger partial charge in [0.1, 0.15) is 11.5 Å². The van der Waals surface area contributed by atoms with Crippen molar-refractivity contribution in [2.45, 2.75) is 12.6 Å². The van der Waals surface area contributed by atoms with Crippen molar-refractivity contribution in [3.63, 3.8) is 0 Å². The molecule has 0 saturated carbocycles. The average Bonchev–Trinajstić information content (AvgIpc) is 3.13. The van der Waals surface area contributed by atoms with Gasteiger partial charge in [-0.25, -0.2) is 0 Å². The molecule has 1 aliphatic heterocycles. The first-order chi connectivity index (χ1) is 16.5. The Morgan fingerprint density at radius 3 is 2.44 bits per heavy atom. The van der Waals surface area contributed by atoms with Gasteiger partial charge in [0.15, 0.2) is 11.5 Å². The maximum absolute atomic E-state index is 13.2. The number of Topliss-reactive ketones (excluding diaryl/α,β-unsaturated/α-hetero) is 1. The summed E-state index contributed by atoms with van der Waals surface area (Å²) in [5, 5.41) is 11.2. The third-order valence-corrected chi connectivity index (χ3v) is 5.68. The topological polar surface area (TPSA) is 98.2 Å². The van der Waals surface area contributed by atoms with Gasteiger partial charge in [-0.3, -0.25) is 14.6 Å². The molecule has 1 amide bonds. The molecule has 174 valence electrons. The molecule has 0 spiro atoms. The van der Waals surface area contributed by atoms with Crippen LogP contribution < -0.4 is 14.2 Å². The second kappa shape index (κ2) is 9.66. The summed E-state index contributed by atoms with van der Waals surface area (Å²) in [6.45, 7) is 0.131. The number of amides is 1. The number of methoxy groups -OCH3 is 3. The summed E-state index contributed by atoms with van der Waals surface area (Å²) in [7, 11) is 4.54. The van der Waals surface area contributed by atoms with Crippen LogP contribution in [0.5, 0.6) is 17.2 Å². The molecule has 3 aromatic rings. The SMILES string of the molecule is COc1cccc(/C(O)=C2\C(=O)C(=O)N(Cc3cccnc3)[C@@H]2c2ccc(OC)c(OC)c2)c1. The smallest absolute Gasteiger partial charge is 0.295 e. The Morgan fingerprint density at radius 2 is 1.76 bits per heavy atom. The number of ketones is 1. The summed E-state index contributed by atoms with van der Waals surface area (Å²) in [5.74, 6) is -0.323. The lowest BCUT2D eigenvalue weighted by Crippen LogP contribution is -2.29. The number of hydrogen-bond donors (Lipinski definition) is 1. The van der Waals surface area contributed by atoms with Crippen LogP contribution in [0.4, 0.5) is 0 Å². The van der Waals surface area contributed by atoms with Crippen molar-refractivity contribution in [2.24, 2.45) is 0 Å². The van der Waals surface area contributed by atoms with E-state index in [2.05, 4.69) is 4.98 Å². The normalized spacial score (nSPS) is 17.0. The van der Waals surface area contributed by atoms with Crippen LogP contribution in [0.2, 0.25) is 0 Å². The van der Waals surface area contributed by atoms with Gasteiger partial charge in [-0.2, -0.15) is 0 Å². The lowest BCUT2D eigenvalue weighted by molar-refractivity contribution is -0.140. The van der Waals surface area contributed by atoms with Gasteiger partial charge in [-0.1, -0.05) is 24.3 Å². The first kappa shape index (κ1) is 22.8. The van der Waals surface area contributed by atoms with Crippen LogP contribution in [-0.2, 0) is 16.1 Å². The molecule has 1 saturated heterocycles. The van der Waals surface area contributed by atoms with Gasteiger partial charge in [0.2, 0.25) is 0 Å². The highest BCUT2D eigenvalue weighted by molar-refractivity contribution is 6.46. The van der Waals surface area contributed by atoms with Crippen molar-refractivity contribution in [2.75, 3.05) is 21.3 Å². The maximum Gasteiger partial charge on any atom is 0.295 e. The van der Waals surface area contributed by atoms with Gasteiger partial charge in [0.05, 0.1) is 32.9 Å². The second-order valence-corrected chi connectivity index (χ2v) is 7.63. The minimum atomic E-state index is -0.855. The van der Waals surface area contributed by atoms with E-state index in [0.717, 1.165) is 5.56 Å². The lowest BCUT2D eigenvalue weighted by Gasteiger charge is -2.26. The molecule has 0 bridgehead atoms. The number of aliphatic hydroxyl groups is 1. The number of likely N-dealkylation sites (tertiary alicyclic amines) is 1. The Kier molecular flexibility index (Phi) is 6.49. The number of aromatic nitrogens is 1. The number of pyridine rings is 1. The van der Waals surface area contributed by atoms with E-state index < -0.39 is 17.7 Å². The molecule has 0 aliphatic carbocycles. The number of rotatable bonds is 7. The van der Waals surface area contributed by atoms with Crippen molar-refractivity contribution in [1.82, 2.24) is 9.88 Å². The van der Waals surface area contributed by atoms with E-state index in [0.29, 0.717) is 28.4 Å². The van der Waals surface area contributed by atoms with E-state index in [1.807, 2.05) is 6.07 Å². The van der Waals surface area contributed by atoms with Gasteiger partial charge in [0, 0.05) is 24.5 Å². The van der Waals surface area contributed by atoms with Crippen molar-refractivity contribution in [3.8, 4) is 17.2 Å². The molecule has 1 aromatic heterocycles. The fourth-order valence-corrected chi connectivity index (χ4v) is 4.03. The van der Waals surface area contributed by atoms with E-state index in [9.17, 15) is 14.7 Å².